The summed E-state index contributed by atoms with van der Waals surface area (Å²) in [7, 11) is 0. The standard InChI is InChI=1S/C21H27NO3/c1-17(2)20(15-22-25-16-18-9-5-3-6-10-18)13-14-24-21(23)19-11-7-4-8-12-19/h3-12,17,20,22H,13-16H2,1-2H3. The smallest absolute Gasteiger partial charge is 0.338 e. The number of rotatable bonds is 10. The van der Waals surface area contributed by atoms with Gasteiger partial charge < -0.3 is 4.74 Å². The highest BCUT2D eigenvalue weighted by atomic mass is 16.6. The average Bonchev–Trinajstić information content (AvgIpc) is 2.64. The van der Waals surface area contributed by atoms with Gasteiger partial charge in [0.25, 0.3) is 0 Å². The normalized spacial score (nSPS) is 12.1. The van der Waals surface area contributed by atoms with Crippen LogP contribution in [0.3, 0.4) is 0 Å². The van der Waals surface area contributed by atoms with Gasteiger partial charge in [-0.2, -0.15) is 0 Å². The Kier molecular flexibility index (Phi) is 8.16. The van der Waals surface area contributed by atoms with E-state index < -0.39 is 0 Å². The molecule has 25 heavy (non-hydrogen) atoms. The molecule has 0 bridgehead atoms. The van der Waals surface area contributed by atoms with Gasteiger partial charge in [0.05, 0.1) is 18.8 Å². The van der Waals surface area contributed by atoms with Crippen molar-refractivity contribution in [2.75, 3.05) is 13.2 Å². The molecule has 0 aromatic heterocycles. The molecular formula is C21H27NO3. The van der Waals surface area contributed by atoms with Gasteiger partial charge in [0.1, 0.15) is 0 Å². The van der Waals surface area contributed by atoms with Crippen LogP contribution in [-0.2, 0) is 16.2 Å². The molecule has 1 N–H and O–H groups in total. The topological polar surface area (TPSA) is 47.6 Å². The van der Waals surface area contributed by atoms with Crippen molar-refractivity contribution in [3.8, 4) is 0 Å². The largest absolute Gasteiger partial charge is 0.462 e. The Hall–Kier alpha value is -2.17. The number of carbonyl (C=O) groups is 1. The van der Waals surface area contributed by atoms with Gasteiger partial charge in [-0.25, -0.2) is 10.3 Å². The highest BCUT2D eigenvalue weighted by molar-refractivity contribution is 5.89. The molecule has 134 valence electrons. The summed E-state index contributed by atoms with van der Waals surface area (Å²) in [5.74, 6) is 0.582. The minimum Gasteiger partial charge on any atom is -0.462 e. The van der Waals surface area contributed by atoms with Crippen LogP contribution in [0.15, 0.2) is 60.7 Å². The second kappa shape index (κ2) is 10.6. The van der Waals surface area contributed by atoms with Crippen molar-refractivity contribution in [3.63, 3.8) is 0 Å². The summed E-state index contributed by atoms with van der Waals surface area (Å²) in [6.07, 6.45) is 0.804. The number of nitrogens with one attached hydrogen (secondary N) is 1. The van der Waals surface area contributed by atoms with Crippen LogP contribution in [0.5, 0.6) is 0 Å². The summed E-state index contributed by atoms with van der Waals surface area (Å²) in [5, 5.41) is 0. The first-order valence-corrected chi connectivity index (χ1v) is 8.77. The second-order valence-corrected chi connectivity index (χ2v) is 6.42. The van der Waals surface area contributed by atoms with Gasteiger partial charge in [-0.3, -0.25) is 4.84 Å². The van der Waals surface area contributed by atoms with Gasteiger partial charge >= 0.3 is 5.97 Å². The molecule has 0 aliphatic rings. The van der Waals surface area contributed by atoms with Crippen molar-refractivity contribution in [1.29, 1.82) is 0 Å². The maximum atomic E-state index is 12.0. The number of benzene rings is 2. The fourth-order valence-corrected chi connectivity index (χ4v) is 2.51. The SMILES string of the molecule is CC(C)C(CCOC(=O)c1ccccc1)CNOCc1ccccc1. The number of carbonyl (C=O) groups excluding carboxylic acids is 1. The van der Waals surface area contributed by atoms with Crippen LogP contribution in [0.2, 0.25) is 0 Å². The molecule has 2 aromatic carbocycles. The highest BCUT2D eigenvalue weighted by Gasteiger charge is 2.15. The minimum atomic E-state index is -0.267. The molecule has 0 saturated carbocycles. The highest BCUT2D eigenvalue weighted by Crippen LogP contribution is 2.15. The molecule has 0 radical (unpaired) electrons. The van der Waals surface area contributed by atoms with Crippen LogP contribution in [0.25, 0.3) is 0 Å². The van der Waals surface area contributed by atoms with E-state index >= 15 is 0 Å². The molecule has 1 atom stereocenters. The zero-order chi connectivity index (χ0) is 17.9. The number of hydrogen-bond acceptors (Lipinski definition) is 4. The quantitative estimate of drug-likeness (QED) is 0.399. The van der Waals surface area contributed by atoms with E-state index in [1.807, 2.05) is 48.5 Å². The zero-order valence-corrected chi connectivity index (χ0v) is 15.0. The van der Waals surface area contributed by atoms with Crippen molar-refractivity contribution < 1.29 is 14.4 Å². The fourth-order valence-electron chi connectivity index (χ4n) is 2.51. The predicted octanol–water partition coefficient (Wildman–Crippen LogP) is 4.23. The third-order valence-electron chi connectivity index (χ3n) is 4.20. The monoisotopic (exact) mass is 341 g/mol. The molecule has 0 fully saturated rings. The zero-order valence-electron chi connectivity index (χ0n) is 15.0. The number of esters is 1. The summed E-state index contributed by atoms with van der Waals surface area (Å²) in [5.41, 5.74) is 4.77. The maximum Gasteiger partial charge on any atom is 0.338 e. The molecule has 1 unspecified atom stereocenters. The van der Waals surface area contributed by atoms with E-state index in [0.29, 0.717) is 30.6 Å². The summed E-state index contributed by atoms with van der Waals surface area (Å²) < 4.78 is 5.38. The summed E-state index contributed by atoms with van der Waals surface area (Å²) in [6.45, 7) is 6.02. The maximum absolute atomic E-state index is 12.0. The second-order valence-electron chi connectivity index (χ2n) is 6.42. The predicted molar refractivity (Wildman–Crippen MR) is 98.9 cm³/mol. The van der Waals surface area contributed by atoms with Crippen molar-refractivity contribution >= 4 is 5.97 Å². The van der Waals surface area contributed by atoms with E-state index in [2.05, 4.69) is 19.3 Å². The van der Waals surface area contributed by atoms with E-state index in [0.717, 1.165) is 18.5 Å². The van der Waals surface area contributed by atoms with E-state index in [1.165, 1.54) is 0 Å². The first-order valence-electron chi connectivity index (χ1n) is 8.77. The first kappa shape index (κ1) is 19.2. The number of hydrogen-bond donors (Lipinski definition) is 1. The average molecular weight is 341 g/mol. The molecule has 0 aliphatic carbocycles. The van der Waals surface area contributed by atoms with E-state index in [4.69, 9.17) is 9.57 Å². The lowest BCUT2D eigenvalue weighted by Crippen LogP contribution is -2.27. The van der Waals surface area contributed by atoms with Gasteiger partial charge in [0.2, 0.25) is 0 Å². The Morgan fingerprint density at radius 3 is 2.28 bits per heavy atom. The van der Waals surface area contributed by atoms with Crippen molar-refractivity contribution in [2.24, 2.45) is 11.8 Å². The lowest BCUT2D eigenvalue weighted by atomic mass is 9.93. The Bertz CT molecular complexity index is 614. The Morgan fingerprint density at radius 1 is 1.00 bits per heavy atom. The molecule has 0 amide bonds. The van der Waals surface area contributed by atoms with Gasteiger partial charge in [0.15, 0.2) is 0 Å². The molecule has 4 nitrogen and oxygen atoms in total. The van der Waals surface area contributed by atoms with E-state index in [1.54, 1.807) is 12.1 Å². The molecule has 2 aromatic rings. The summed E-state index contributed by atoms with van der Waals surface area (Å²) in [4.78, 5) is 17.5. The molecule has 0 spiro atoms. The van der Waals surface area contributed by atoms with Crippen LogP contribution in [0, 0.1) is 11.8 Å². The first-order chi connectivity index (χ1) is 12.2. The molecule has 0 saturated heterocycles. The van der Waals surface area contributed by atoms with Gasteiger partial charge in [0, 0.05) is 6.54 Å². The van der Waals surface area contributed by atoms with Crippen LogP contribution in [0.4, 0.5) is 0 Å². The molecule has 2 rings (SSSR count). The molecular weight excluding hydrogens is 314 g/mol. The van der Waals surface area contributed by atoms with Gasteiger partial charge in [-0.1, -0.05) is 62.4 Å². The van der Waals surface area contributed by atoms with Crippen molar-refractivity contribution in [3.05, 3.63) is 71.8 Å². The summed E-state index contributed by atoms with van der Waals surface area (Å²) in [6, 6.07) is 19.1. The lowest BCUT2D eigenvalue weighted by Gasteiger charge is -2.21. The summed E-state index contributed by atoms with van der Waals surface area (Å²) >= 11 is 0. The lowest BCUT2D eigenvalue weighted by molar-refractivity contribution is 0.0110. The molecule has 0 aliphatic heterocycles. The van der Waals surface area contributed by atoms with Crippen LogP contribution >= 0.6 is 0 Å². The third kappa shape index (κ3) is 7.08. The number of hydroxylamine groups is 1. The van der Waals surface area contributed by atoms with E-state index in [9.17, 15) is 4.79 Å². The Balaban J connectivity index is 1.67. The molecule has 4 heteroatoms. The molecule has 0 heterocycles. The van der Waals surface area contributed by atoms with Crippen LogP contribution in [0.1, 0.15) is 36.2 Å². The van der Waals surface area contributed by atoms with E-state index in [-0.39, 0.29) is 5.97 Å². The van der Waals surface area contributed by atoms with Crippen molar-refractivity contribution in [1.82, 2.24) is 5.48 Å². The Labute approximate surface area is 150 Å². The Morgan fingerprint density at radius 2 is 1.64 bits per heavy atom. The fraction of sp³-hybridized carbons (Fsp3) is 0.381. The third-order valence-corrected chi connectivity index (χ3v) is 4.20. The minimum absolute atomic E-state index is 0.267. The van der Waals surface area contributed by atoms with Crippen LogP contribution < -0.4 is 5.48 Å². The van der Waals surface area contributed by atoms with Crippen LogP contribution in [-0.4, -0.2) is 19.1 Å². The van der Waals surface area contributed by atoms with Gasteiger partial charge in [-0.15, -0.1) is 0 Å². The van der Waals surface area contributed by atoms with Gasteiger partial charge in [-0.05, 0) is 36.0 Å². The van der Waals surface area contributed by atoms with Crippen molar-refractivity contribution in [2.45, 2.75) is 26.9 Å². The number of ether oxygens (including phenoxy) is 1.